The van der Waals surface area contributed by atoms with Crippen LogP contribution in [0.4, 0.5) is 17.1 Å². The van der Waals surface area contributed by atoms with E-state index in [1.165, 1.54) is 49.7 Å². The molecular formula is C52H37NO. The SMILES string of the molecule is C1=CC2Oc3cc(-c4cccc(-c5ccccc5)c4)c4cc(N(c5ccccc5)c5cc(-c6ccccc6)cc(-c6ccccc6)c5)ccc4c3C2C=C1. The van der Waals surface area contributed by atoms with Crippen LogP contribution in [0.3, 0.4) is 0 Å². The standard InChI is InChI=1S/C52H37NO/c1-5-16-36(17-6-1)39-22-15-23-40(30-39)48-35-51-52(47-26-13-14-27-50(47)54-51)46-29-28-44(34-49(46)48)53(43-24-11-4-12-25-43)45-32-41(37-18-7-2-8-19-37)31-42(33-45)38-20-9-3-10-21-38/h1-35,47,50H. The van der Waals surface area contributed by atoms with Gasteiger partial charge in [-0.15, -0.1) is 0 Å². The van der Waals surface area contributed by atoms with Crippen LogP contribution >= 0.6 is 0 Å². The van der Waals surface area contributed by atoms with Gasteiger partial charge in [-0.3, -0.25) is 0 Å². The van der Waals surface area contributed by atoms with Crippen molar-refractivity contribution in [2.24, 2.45) is 0 Å². The van der Waals surface area contributed by atoms with Crippen LogP contribution in [0.5, 0.6) is 5.75 Å². The predicted molar refractivity (Wildman–Crippen MR) is 226 cm³/mol. The lowest BCUT2D eigenvalue weighted by Gasteiger charge is -2.28. The lowest BCUT2D eigenvalue weighted by Crippen LogP contribution is -2.15. The van der Waals surface area contributed by atoms with Gasteiger partial charge in [0.25, 0.3) is 0 Å². The molecule has 1 aliphatic carbocycles. The molecule has 0 amide bonds. The van der Waals surface area contributed by atoms with Gasteiger partial charge < -0.3 is 9.64 Å². The number of hydrogen-bond donors (Lipinski definition) is 0. The number of benzene rings is 8. The molecule has 0 saturated heterocycles. The fraction of sp³-hybridized carbons (Fsp3) is 0.0385. The van der Waals surface area contributed by atoms with Crippen LogP contribution in [0, 0.1) is 0 Å². The van der Waals surface area contributed by atoms with Crippen LogP contribution in [0.1, 0.15) is 11.5 Å². The zero-order valence-corrected chi connectivity index (χ0v) is 29.7. The van der Waals surface area contributed by atoms with Crippen LogP contribution in [0.25, 0.3) is 55.3 Å². The van der Waals surface area contributed by atoms with Gasteiger partial charge in [-0.1, -0.05) is 152 Å². The second kappa shape index (κ2) is 13.6. The molecule has 1 aliphatic heterocycles. The lowest BCUT2D eigenvalue weighted by molar-refractivity contribution is 0.269. The first-order valence-corrected chi connectivity index (χ1v) is 18.7. The van der Waals surface area contributed by atoms with Crippen molar-refractivity contribution < 1.29 is 4.74 Å². The molecular weight excluding hydrogens is 655 g/mol. The molecule has 0 saturated carbocycles. The van der Waals surface area contributed by atoms with Crippen molar-refractivity contribution in [3.63, 3.8) is 0 Å². The first kappa shape index (κ1) is 31.8. The summed E-state index contributed by atoms with van der Waals surface area (Å²) in [5, 5.41) is 2.42. The Kier molecular flexibility index (Phi) is 8.00. The summed E-state index contributed by atoms with van der Waals surface area (Å²) in [5.74, 6) is 1.13. The average molecular weight is 692 g/mol. The minimum Gasteiger partial charge on any atom is -0.485 e. The molecule has 8 aromatic carbocycles. The minimum atomic E-state index is -0.00303. The Bertz CT molecular complexity index is 2620. The van der Waals surface area contributed by atoms with E-state index >= 15 is 0 Å². The normalized spacial score (nSPS) is 15.4. The third kappa shape index (κ3) is 5.79. The van der Waals surface area contributed by atoms with E-state index in [9.17, 15) is 0 Å². The number of rotatable bonds is 7. The Morgan fingerprint density at radius 1 is 0.370 bits per heavy atom. The molecule has 2 unspecified atom stereocenters. The number of ether oxygens (including phenoxy) is 1. The summed E-state index contributed by atoms with van der Waals surface area (Å²) >= 11 is 0. The van der Waals surface area contributed by atoms with E-state index in [0.717, 1.165) is 33.9 Å². The maximum atomic E-state index is 6.67. The fourth-order valence-corrected chi connectivity index (χ4v) is 8.19. The van der Waals surface area contributed by atoms with Crippen LogP contribution in [-0.2, 0) is 0 Å². The Hall–Kier alpha value is -6.90. The second-order valence-electron chi connectivity index (χ2n) is 14.1. The molecule has 0 N–H and O–H groups in total. The summed E-state index contributed by atoms with van der Waals surface area (Å²) in [6.07, 6.45) is 8.72. The molecule has 54 heavy (non-hydrogen) atoms. The van der Waals surface area contributed by atoms with E-state index in [0.29, 0.717) is 0 Å². The van der Waals surface area contributed by atoms with E-state index in [1.807, 2.05) is 0 Å². The molecule has 8 aromatic rings. The summed E-state index contributed by atoms with van der Waals surface area (Å²) in [6.45, 7) is 0. The van der Waals surface area contributed by atoms with E-state index in [-0.39, 0.29) is 12.0 Å². The Labute approximate surface area is 316 Å². The highest BCUT2D eigenvalue weighted by atomic mass is 16.5. The van der Waals surface area contributed by atoms with Crippen molar-refractivity contribution in [1.82, 2.24) is 0 Å². The minimum absolute atomic E-state index is 0.00303. The van der Waals surface area contributed by atoms with Gasteiger partial charge in [-0.25, -0.2) is 0 Å². The fourth-order valence-electron chi connectivity index (χ4n) is 8.19. The lowest BCUT2D eigenvalue weighted by atomic mass is 9.85. The molecule has 2 heteroatoms. The van der Waals surface area contributed by atoms with Crippen molar-refractivity contribution in [3.05, 3.63) is 218 Å². The van der Waals surface area contributed by atoms with Crippen molar-refractivity contribution in [2.75, 3.05) is 4.90 Å². The number of para-hydroxylation sites is 1. The van der Waals surface area contributed by atoms with E-state index in [1.54, 1.807) is 0 Å². The monoisotopic (exact) mass is 691 g/mol. The van der Waals surface area contributed by atoms with Crippen LogP contribution in [0.2, 0.25) is 0 Å². The summed E-state index contributed by atoms with van der Waals surface area (Å²) in [4.78, 5) is 2.40. The van der Waals surface area contributed by atoms with Crippen molar-refractivity contribution in [3.8, 4) is 50.3 Å². The zero-order valence-electron chi connectivity index (χ0n) is 29.7. The molecule has 0 radical (unpaired) electrons. The summed E-state index contributed by atoms with van der Waals surface area (Å²) in [5.41, 5.74) is 14.0. The number of anilines is 3. The van der Waals surface area contributed by atoms with Crippen LogP contribution < -0.4 is 9.64 Å². The Morgan fingerprint density at radius 2 is 0.926 bits per heavy atom. The van der Waals surface area contributed by atoms with Crippen molar-refractivity contribution in [2.45, 2.75) is 12.0 Å². The second-order valence-corrected chi connectivity index (χ2v) is 14.1. The van der Waals surface area contributed by atoms with Crippen molar-refractivity contribution >= 4 is 27.8 Å². The topological polar surface area (TPSA) is 12.5 Å². The first-order valence-electron chi connectivity index (χ1n) is 18.7. The number of fused-ring (bicyclic) bond motifs is 5. The highest BCUT2D eigenvalue weighted by Crippen LogP contribution is 2.50. The summed E-state index contributed by atoms with van der Waals surface area (Å²) in [7, 11) is 0. The molecule has 0 bridgehead atoms. The van der Waals surface area contributed by atoms with Gasteiger partial charge in [0.1, 0.15) is 11.9 Å². The van der Waals surface area contributed by atoms with E-state index < -0.39 is 0 Å². The largest absolute Gasteiger partial charge is 0.485 e. The summed E-state index contributed by atoms with van der Waals surface area (Å²) < 4.78 is 6.67. The molecule has 2 atom stereocenters. The van der Waals surface area contributed by atoms with E-state index in [4.69, 9.17) is 4.74 Å². The van der Waals surface area contributed by atoms with Gasteiger partial charge in [0.2, 0.25) is 0 Å². The molecule has 1 heterocycles. The van der Waals surface area contributed by atoms with E-state index in [2.05, 4.69) is 217 Å². The number of nitrogens with zero attached hydrogens (tertiary/aromatic N) is 1. The van der Waals surface area contributed by atoms with Gasteiger partial charge >= 0.3 is 0 Å². The predicted octanol–water partition coefficient (Wildman–Crippen LogP) is 13.9. The quantitative estimate of drug-likeness (QED) is 0.165. The van der Waals surface area contributed by atoms with Gasteiger partial charge in [-0.2, -0.15) is 0 Å². The molecule has 0 aromatic heterocycles. The van der Waals surface area contributed by atoms with Crippen LogP contribution in [0.15, 0.2) is 212 Å². The third-order valence-electron chi connectivity index (χ3n) is 10.7. The highest BCUT2D eigenvalue weighted by Gasteiger charge is 2.35. The van der Waals surface area contributed by atoms with Gasteiger partial charge in [0.05, 0.1) is 0 Å². The molecule has 10 rings (SSSR count). The zero-order chi connectivity index (χ0) is 35.8. The maximum Gasteiger partial charge on any atom is 0.128 e. The number of hydrogen-bond acceptors (Lipinski definition) is 2. The molecule has 256 valence electrons. The van der Waals surface area contributed by atoms with Gasteiger partial charge in [0, 0.05) is 28.5 Å². The molecule has 2 aliphatic rings. The van der Waals surface area contributed by atoms with Gasteiger partial charge in [0.15, 0.2) is 0 Å². The smallest absolute Gasteiger partial charge is 0.128 e. The molecule has 0 fully saturated rings. The Morgan fingerprint density at radius 3 is 1.59 bits per heavy atom. The first-order chi connectivity index (χ1) is 26.8. The van der Waals surface area contributed by atoms with Gasteiger partial charge in [-0.05, 0) is 116 Å². The summed E-state index contributed by atoms with van der Waals surface area (Å²) in [6, 6.07) is 67.9. The molecule has 2 nitrogen and oxygen atoms in total. The van der Waals surface area contributed by atoms with Crippen LogP contribution in [-0.4, -0.2) is 6.10 Å². The third-order valence-corrected chi connectivity index (χ3v) is 10.7. The average Bonchev–Trinajstić information content (AvgIpc) is 3.63. The highest BCUT2D eigenvalue weighted by molar-refractivity contribution is 6.04. The Balaban J connectivity index is 1.21. The molecule has 0 spiro atoms. The van der Waals surface area contributed by atoms with Crippen molar-refractivity contribution in [1.29, 1.82) is 0 Å². The number of allylic oxidation sites excluding steroid dienone is 2. The maximum absolute atomic E-state index is 6.67.